The summed E-state index contributed by atoms with van der Waals surface area (Å²) in [4.78, 5) is 3.79. The summed E-state index contributed by atoms with van der Waals surface area (Å²) in [6.07, 6.45) is 2.97. The van der Waals surface area contributed by atoms with Gasteiger partial charge in [-0.25, -0.2) is 13.8 Å². The van der Waals surface area contributed by atoms with E-state index in [4.69, 9.17) is 5.73 Å². The quantitative estimate of drug-likeness (QED) is 0.911. The second kappa shape index (κ2) is 4.04. The molecule has 0 amide bonds. The minimum absolute atomic E-state index is 0.129. The Bertz CT molecular complexity index is 575. The van der Waals surface area contributed by atoms with Gasteiger partial charge in [0.15, 0.2) is 0 Å². The van der Waals surface area contributed by atoms with E-state index in [-0.39, 0.29) is 11.4 Å². The smallest absolute Gasteiger partial charge is 0.267 e. The molecule has 1 saturated carbocycles. The summed E-state index contributed by atoms with van der Waals surface area (Å²) < 4.78 is 27.3. The van der Waals surface area contributed by atoms with Gasteiger partial charge in [0.1, 0.15) is 5.82 Å². The molecule has 0 atom stereocenters. The Morgan fingerprint density at radius 3 is 2.83 bits per heavy atom. The van der Waals surface area contributed by atoms with E-state index < -0.39 is 6.43 Å². The molecular formula is C12H12F2N4. The Morgan fingerprint density at radius 1 is 1.39 bits per heavy atom. The third kappa shape index (κ3) is 1.94. The Balaban J connectivity index is 1.97. The third-order valence-corrected chi connectivity index (χ3v) is 3.01. The molecule has 2 N–H and O–H groups in total. The molecule has 0 aliphatic heterocycles. The predicted molar refractivity (Wildman–Crippen MR) is 63.1 cm³/mol. The molecule has 0 radical (unpaired) electrons. The van der Waals surface area contributed by atoms with Gasteiger partial charge in [-0.05, 0) is 25.0 Å². The number of hydrogen-bond donors (Lipinski definition) is 1. The highest BCUT2D eigenvalue weighted by molar-refractivity contribution is 5.61. The number of hydrogen-bond acceptors (Lipinski definition) is 3. The molecule has 0 saturated heterocycles. The Morgan fingerprint density at radius 2 is 2.17 bits per heavy atom. The van der Waals surface area contributed by atoms with Gasteiger partial charge < -0.3 is 5.73 Å². The van der Waals surface area contributed by atoms with Crippen molar-refractivity contribution in [2.24, 2.45) is 0 Å². The van der Waals surface area contributed by atoms with Crippen LogP contribution in [0.3, 0.4) is 0 Å². The molecule has 3 rings (SSSR count). The number of nitrogens with zero attached hydrogens (tertiary/aromatic N) is 3. The van der Waals surface area contributed by atoms with Gasteiger partial charge in [-0.15, -0.1) is 0 Å². The molecule has 0 aromatic carbocycles. The van der Waals surface area contributed by atoms with Gasteiger partial charge in [-0.3, -0.25) is 4.68 Å². The number of pyridine rings is 1. The third-order valence-electron chi connectivity index (χ3n) is 3.01. The summed E-state index contributed by atoms with van der Waals surface area (Å²) in [6, 6.07) is 3.63. The number of rotatable bonds is 3. The van der Waals surface area contributed by atoms with Crippen LogP contribution in [0.5, 0.6) is 0 Å². The van der Waals surface area contributed by atoms with Gasteiger partial charge in [0.05, 0.1) is 17.3 Å². The second-order valence-corrected chi connectivity index (χ2v) is 4.41. The fraction of sp³-hybridized carbons (Fsp3) is 0.333. The van der Waals surface area contributed by atoms with Crippen molar-refractivity contribution in [3.63, 3.8) is 0 Å². The first-order chi connectivity index (χ1) is 8.65. The van der Waals surface area contributed by atoms with Crippen molar-refractivity contribution in [2.75, 3.05) is 5.73 Å². The first-order valence-corrected chi connectivity index (χ1v) is 5.74. The van der Waals surface area contributed by atoms with Crippen molar-refractivity contribution in [1.82, 2.24) is 14.8 Å². The highest BCUT2D eigenvalue weighted by Gasteiger charge is 2.24. The maximum Gasteiger partial charge on any atom is 0.267 e. The van der Waals surface area contributed by atoms with Crippen molar-refractivity contribution < 1.29 is 8.78 Å². The maximum absolute atomic E-state index is 12.7. The topological polar surface area (TPSA) is 56.7 Å². The van der Waals surface area contributed by atoms with Gasteiger partial charge in [-0.2, -0.15) is 5.10 Å². The molecule has 0 unspecified atom stereocenters. The van der Waals surface area contributed by atoms with Crippen LogP contribution in [0.2, 0.25) is 0 Å². The van der Waals surface area contributed by atoms with E-state index in [1.807, 2.05) is 10.9 Å². The van der Waals surface area contributed by atoms with Crippen LogP contribution < -0.4 is 5.73 Å². The average Bonchev–Trinajstić information content (AvgIpc) is 3.08. The maximum atomic E-state index is 12.7. The van der Waals surface area contributed by atoms with Gasteiger partial charge in [0, 0.05) is 18.0 Å². The summed E-state index contributed by atoms with van der Waals surface area (Å²) in [5.74, 6) is -0.129. The summed E-state index contributed by atoms with van der Waals surface area (Å²) in [7, 11) is 0. The number of alkyl halides is 2. The monoisotopic (exact) mass is 250 g/mol. The van der Waals surface area contributed by atoms with Crippen molar-refractivity contribution >= 4 is 5.82 Å². The van der Waals surface area contributed by atoms with Crippen LogP contribution in [0, 0.1) is 0 Å². The van der Waals surface area contributed by atoms with E-state index in [1.165, 1.54) is 12.3 Å². The van der Waals surface area contributed by atoms with Crippen LogP contribution >= 0.6 is 0 Å². The Kier molecular flexibility index (Phi) is 2.50. The summed E-state index contributed by atoms with van der Waals surface area (Å²) in [5.41, 5.74) is 6.39. The Labute approximate surface area is 102 Å². The summed E-state index contributed by atoms with van der Waals surface area (Å²) >= 11 is 0. The highest BCUT2D eigenvalue weighted by atomic mass is 19.3. The molecule has 1 fully saturated rings. The first-order valence-electron chi connectivity index (χ1n) is 5.74. The molecular weight excluding hydrogens is 238 g/mol. The zero-order valence-corrected chi connectivity index (χ0v) is 9.55. The van der Waals surface area contributed by atoms with Crippen molar-refractivity contribution in [2.45, 2.75) is 25.3 Å². The van der Waals surface area contributed by atoms with Gasteiger partial charge in [0.2, 0.25) is 0 Å². The van der Waals surface area contributed by atoms with E-state index in [2.05, 4.69) is 10.1 Å². The molecule has 6 heteroatoms. The molecule has 1 aliphatic carbocycles. The van der Waals surface area contributed by atoms with E-state index >= 15 is 0 Å². The average molecular weight is 250 g/mol. The minimum atomic E-state index is -2.62. The lowest BCUT2D eigenvalue weighted by atomic mass is 10.1. The Hall–Kier alpha value is -1.98. The largest absolute Gasteiger partial charge is 0.383 e. The molecule has 0 spiro atoms. The lowest BCUT2D eigenvalue weighted by Crippen LogP contribution is -1.99. The fourth-order valence-corrected chi connectivity index (χ4v) is 1.84. The zero-order valence-electron chi connectivity index (χ0n) is 9.55. The number of nitrogens with two attached hydrogens (primary N) is 1. The van der Waals surface area contributed by atoms with Crippen molar-refractivity contribution in [1.29, 1.82) is 0 Å². The molecule has 4 nitrogen and oxygen atoms in total. The lowest BCUT2D eigenvalue weighted by Gasteiger charge is -2.05. The lowest BCUT2D eigenvalue weighted by molar-refractivity contribution is 0.152. The number of halogens is 2. The number of aromatic nitrogens is 3. The molecule has 2 aromatic heterocycles. The highest BCUT2D eigenvalue weighted by Crippen LogP contribution is 2.35. The van der Waals surface area contributed by atoms with Crippen molar-refractivity contribution in [3.05, 3.63) is 30.1 Å². The van der Waals surface area contributed by atoms with Crippen LogP contribution in [0.25, 0.3) is 11.3 Å². The van der Waals surface area contributed by atoms with Gasteiger partial charge in [-0.1, -0.05) is 0 Å². The standard InChI is InChI=1S/C12H12F2N4/c13-11(14)9-5-7(6-16-12(9)15)10-3-4-18(17-10)8-1-2-8/h3-6,8,11H,1-2H2,(H2,15,16). The van der Waals surface area contributed by atoms with E-state index in [0.717, 1.165) is 12.8 Å². The van der Waals surface area contributed by atoms with Crippen LogP contribution in [0.1, 0.15) is 30.9 Å². The van der Waals surface area contributed by atoms with Crippen LogP contribution in [0.4, 0.5) is 14.6 Å². The molecule has 94 valence electrons. The zero-order chi connectivity index (χ0) is 12.7. The van der Waals surface area contributed by atoms with Gasteiger partial charge >= 0.3 is 0 Å². The molecule has 18 heavy (non-hydrogen) atoms. The number of anilines is 1. The predicted octanol–water partition coefficient (Wildman–Crippen LogP) is 2.80. The first kappa shape index (κ1) is 11.1. The minimum Gasteiger partial charge on any atom is -0.383 e. The van der Waals surface area contributed by atoms with Crippen LogP contribution in [-0.4, -0.2) is 14.8 Å². The normalized spacial score (nSPS) is 15.3. The molecule has 2 aromatic rings. The van der Waals surface area contributed by atoms with Crippen molar-refractivity contribution in [3.8, 4) is 11.3 Å². The van der Waals surface area contributed by atoms with Crippen LogP contribution in [0.15, 0.2) is 24.5 Å². The second-order valence-electron chi connectivity index (χ2n) is 4.41. The fourth-order valence-electron chi connectivity index (χ4n) is 1.84. The molecule has 1 aliphatic rings. The van der Waals surface area contributed by atoms with E-state index in [9.17, 15) is 8.78 Å². The molecule has 2 heterocycles. The SMILES string of the molecule is Nc1ncc(-c2ccn(C3CC3)n2)cc1C(F)F. The summed E-state index contributed by atoms with van der Waals surface area (Å²) in [6.45, 7) is 0. The van der Waals surface area contributed by atoms with Crippen LogP contribution in [-0.2, 0) is 0 Å². The summed E-state index contributed by atoms with van der Waals surface area (Å²) in [5, 5.41) is 4.36. The number of nitrogen functional groups attached to an aromatic ring is 1. The van der Waals surface area contributed by atoms with E-state index in [1.54, 1.807) is 6.07 Å². The molecule has 0 bridgehead atoms. The van der Waals surface area contributed by atoms with E-state index in [0.29, 0.717) is 17.3 Å². The van der Waals surface area contributed by atoms with Gasteiger partial charge in [0.25, 0.3) is 6.43 Å².